The first-order chi connectivity index (χ1) is 23.2. The van der Waals surface area contributed by atoms with E-state index in [2.05, 4.69) is 54.6 Å². The molecule has 0 radical (unpaired) electrons. The van der Waals surface area contributed by atoms with Crippen LogP contribution < -0.4 is 0 Å². The zero-order valence-electron chi connectivity index (χ0n) is 24.9. The third-order valence-corrected chi connectivity index (χ3v) is 9.28. The average Bonchev–Trinajstić information content (AvgIpc) is 3.53. The summed E-state index contributed by atoms with van der Waals surface area (Å²) in [5, 5.41) is 2.39. The van der Waals surface area contributed by atoms with E-state index in [4.69, 9.17) is 29.9 Å². The molecule has 0 saturated carbocycles. The third kappa shape index (κ3) is 5.09. The zero-order chi connectivity index (χ0) is 31.2. The second-order valence-electron chi connectivity index (χ2n) is 11.2. The van der Waals surface area contributed by atoms with Crippen LogP contribution >= 0.6 is 11.3 Å². The molecule has 0 amide bonds. The average molecular weight is 621 g/mol. The number of pyridine rings is 1. The van der Waals surface area contributed by atoms with Gasteiger partial charge in [-0.15, -0.1) is 11.3 Å². The Kier molecular flexibility index (Phi) is 6.54. The Hall–Kier alpha value is -6.18. The van der Waals surface area contributed by atoms with Crippen LogP contribution in [-0.4, -0.2) is 29.9 Å². The summed E-state index contributed by atoms with van der Waals surface area (Å²) >= 11 is 1.70. The summed E-state index contributed by atoms with van der Waals surface area (Å²) in [5.41, 5.74) is 8.03. The molecule has 9 rings (SSSR count). The smallest absolute Gasteiger partial charge is 0.164 e. The maximum atomic E-state index is 5.01. The Balaban J connectivity index is 1.10. The van der Waals surface area contributed by atoms with Gasteiger partial charge in [-0.1, -0.05) is 103 Å². The number of fused-ring (bicyclic) bond motifs is 4. The van der Waals surface area contributed by atoms with Crippen LogP contribution in [0.25, 0.3) is 88.0 Å². The van der Waals surface area contributed by atoms with Crippen molar-refractivity contribution in [1.29, 1.82) is 0 Å². The van der Waals surface area contributed by atoms with E-state index in [9.17, 15) is 0 Å². The molecule has 0 aliphatic rings. The van der Waals surface area contributed by atoms with E-state index in [1.54, 1.807) is 17.5 Å². The summed E-state index contributed by atoms with van der Waals surface area (Å²) in [7, 11) is 0. The van der Waals surface area contributed by atoms with Crippen molar-refractivity contribution in [2.24, 2.45) is 0 Å². The molecular weight excluding hydrogens is 597 g/mol. The zero-order valence-corrected chi connectivity index (χ0v) is 25.8. The predicted octanol–water partition coefficient (Wildman–Crippen LogP) is 9.91. The van der Waals surface area contributed by atoms with Gasteiger partial charge < -0.3 is 0 Å². The van der Waals surface area contributed by atoms with Gasteiger partial charge >= 0.3 is 0 Å². The fourth-order valence-corrected chi connectivity index (χ4v) is 6.91. The van der Waals surface area contributed by atoms with Crippen LogP contribution in [-0.2, 0) is 0 Å². The minimum Gasteiger partial charge on any atom is -0.252 e. The Morgan fingerprint density at radius 1 is 0.383 bits per heavy atom. The molecule has 0 N–H and O–H groups in total. The second kappa shape index (κ2) is 11.3. The molecule has 220 valence electrons. The maximum Gasteiger partial charge on any atom is 0.164 e. The van der Waals surface area contributed by atoms with Gasteiger partial charge in [0.2, 0.25) is 0 Å². The molecule has 0 unspecified atom stereocenters. The van der Waals surface area contributed by atoms with Gasteiger partial charge in [0.1, 0.15) is 10.5 Å². The normalized spacial score (nSPS) is 11.4. The van der Waals surface area contributed by atoms with Crippen molar-refractivity contribution in [1.82, 2.24) is 29.9 Å². The van der Waals surface area contributed by atoms with E-state index < -0.39 is 0 Å². The van der Waals surface area contributed by atoms with Crippen LogP contribution in [0.15, 0.2) is 146 Å². The van der Waals surface area contributed by atoms with Gasteiger partial charge in [-0.25, -0.2) is 24.9 Å². The van der Waals surface area contributed by atoms with E-state index in [1.165, 1.54) is 10.1 Å². The van der Waals surface area contributed by atoms with Crippen LogP contribution in [0.2, 0.25) is 0 Å². The lowest BCUT2D eigenvalue weighted by Gasteiger charge is -2.10. The van der Waals surface area contributed by atoms with Crippen molar-refractivity contribution in [3.63, 3.8) is 0 Å². The standard InChI is InChI=1S/C40H24N6S/c1-3-10-25(11-4-1)37-44-38(26-12-5-2-6-13-26)46-39(45-37)29-15-9-14-27(22-29)28-18-20-32-34(23-28)42-35(24-41-32)33-21-19-31-30-16-7-8-17-36(30)47-40(31)43-33/h1-24H. The predicted molar refractivity (Wildman–Crippen MR) is 191 cm³/mol. The molecule has 4 aromatic heterocycles. The van der Waals surface area contributed by atoms with Crippen molar-refractivity contribution in [2.75, 3.05) is 0 Å². The molecule has 47 heavy (non-hydrogen) atoms. The Morgan fingerprint density at radius 2 is 1.02 bits per heavy atom. The summed E-state index contributed by atoms with van der Waals surface area (Å²) in [4.78, 5) is 30.4. The first-order valence-corrected chi connectivity index (χ1v) is 16.1. The SMILES string of the molecule is c1ccc(-c2nc(-c3ccccc3)nc(-c3cccc(-c4ccc5ncc(-c6ccc7c(n6)sc6ccccc67)nc5c4)c3)n2)cc1. The number of thiophene rings is 1. The van der Waals surface area contributed by atoms with Gasteiger partial charge in [0.25, 0.3) is 0 Å². The highest BCUT2D eigenvalue weighted by Crippen LogP contribution is 2.34. The van der Waals surface area contributed by atoms with E-state index in [-0.39, 0.29) is 0 Å². The summed E-state index contributed by atoms with van der Waals surface area (Å²) in [6, 6.07) is 47.1. The Morgan fingerprint density at radius 3 is 1.79 bits per heavy atom. The van der Waals surface area contributed by atoms with Crippen LogP contribution in [0.1, 0.15) is 0 Å². The molecule has 4 heterocycles. The second-order valence-corrected chi connectivity index (χ2v) is 12.3. The molecule has 0 aliphatic heterocycles. The number of hydrogen-bond acceptors (Lipinski definition) is 7. The van der Waals surface area contributed by atoms with Crippen LogP contribution in [0.4, 0.5) is 0 Å². The van der Waals surface area contributed by atoms with E-state index in [0.717, 1.165) is 60.5 Å². The lowest BCUT2D eigenvalue weighted by molar-refractivity contribution is 1.07. The topological polar surface area (TPSA) is 77.3 Å². The van der Waals surface area contributed by atoms with Crippen molar-refractivity contribution >= 4 is 42.7 Å². The largest absolute Gasteiger partial charge is 0.252 e. The van der Waals surface area contributed by atoms with Crippen LogP contribution in [0.3, 0.4) is 0 Å². The number of aromatic nitrogens is 6. The van der Waals surface area contributed by atoms with E-state index in [1.807, 2.05) is 84.9 Å². The minimum atomic E-state index is 0.616. The maximum absolute atomic E-state index is 5.01. The molecule has 0 saturated heterocycles. The van der Waals surface area contributed by atoms with E-state index >= 15 is 0 Å². The summed E-state index contributed by atoms with van der Waals surface area (Å²) < 4.78 is 1.23. The Labute approximate surface area is 274 Å². The molecule has 0 bridgehead atoms. The lowest BCUT2D eigenvalue weighted by atomic mass is 10.0. The molecule has 0 aliphatic carbocycles. The molecule has 5 aromatic carbocycles. The number of hydrogen-bond donors (Lipinski definition) is 0. The molecule has 0 spiro atoms. The van der Waals surface area contributed by atoms with Crippen molar-refractivity contribution < 1.29 is 0 Å². The molecule has 6 nitrogen and oxygen atoms in total. The Bertz CT molecular complexity index is 2520. The fraction of sp³-hybridized carbons (Fsp3) is 0. The monoisotopic (exact) mass is 620 g/mol. The lowest BCUT2D eigenvalue weighted by Crippen LogP contribution is -2.00. The van der Waals surface area contributed by atoms with Crippen molar-refractivity contribution in [3.05, 3.63) is 146 Å². The minimum absolute atomic E-state index is 0.616. The number of rotatable bonds is 5. The summed E-state index contributed by atoms with van der Waals surface area (Å²) in [6.07, 6.45) is 1.81. The van der Waals surface area contributed by atoms with E-state index in [0.29, 0.717) is 17.5 Å². The summed E-state index contributed by atoms with van der Waals surface area (Å²) in [6.45, 7) is 0. The van der Waals surface area contributed by atoms with Gasteiger partial charge in [-0.3, -0.25) is 4.98 Å². The van der Waals surface area contributed by atoms with Gasteiger partial charge in [0.15, 0.2) is 17.5 Å². The molecular formula is C40H24N6S. The van der Waals surface area contributed by atoms with Gasteiger partial charge in [0.05, 0.1) is 22.9 Å². The van der Waals surface area contributed by atoms with Crippen LogP contribution in [0, 0.1) is 0 Å². The van der Waals surface area contributed by atoms with Gasteiger partial charge in [-0.2, -0.15) is 0 Å². The van der Waals surface area contributed by atoms with Crippen LogP contribution in [0.5, 0.6) is 0 Å². The highest BCUT2D eigenvalue weighted by atomic mass is 32.1. The molecule has 0 atom stereocenters. The number of benzene rings is 5. The summed E-state index contributed by atoms with van der Waals surface area (Å²) in [5.74, 6) is 1.89. The molecule has 9 aromatic rings. The highest BCUT2D eigenvalue weighted by Gasteiger charge is 2.14. The number of nitrogens with zero attached hydrogens (tertiary/aromatic N) is 6. The van der Waals surface area contributed by atoms with Gasteiger partial charge in [-0.05, 0) is 47.5 Å². The quantitative estimate of drug-likeness (QED) is 0.191. The first kappa shape index (κ1) is 27.2. The third-order valence-electron chi connectivity index (χ3n) is 8.20. The first-order valence-electron chi connectivity index (χ1n) is 15.3. The van der Waals surface area contributed by atoms with Crippen molar-refractivity contribution in [2.45, 2.75) is 0 Å². The molecule has 0 fully saturated rings. The van der Waals surface area contributed by atoms with Gasteiger partial charge in [0, 0.05) is 32.2 Å². The molecule has 7 heteroatoms. The fourth-order valence-electron chi connectivity index (χ4n) is 5.84. The van der Waals surface area contributed by atoms with Crippen molar-refractivity contribution in [3.8, 4) is 56.7 Å². The highest BCUT2D eigenvalue weighted by molar-refractivity contribution is 7.25.